The monoisotopic (exact) mass is 380 g/mol. The van der Waals surface area contributed by atoms with Crippen LogP contribution in [0, 0.1) is 5.82 Å². The van der Waals surface area contributed by atoms with Crippen LogP contribution >= 0.6 is 15.9 Å². The summed E-state index contributed by atoms with van der Waals surface area (Å²) in [5, 5.41) is 0. The number of halogens is 2. The molecule has 2 aromatic rings. The molecule has 124 valence electrons. The third kappa shape index (κ3) is 5.90. The highest BCUT2D eigenvalue weighted by atomic mass is 79.9. The number of hydrogen-bond donors (Lipinski definition) is 0. The second kappa shape index (κ2) is 9.60. The minimum atomic E-state index is -0.368. The fourth-order valence-electron chi connectivity index (χ4n) is 2.29. The van der Waals surface area contributed by atoms with Gasteiger partial charge in [-0.3, -0.25) is 0 Å². The molecule has 1 heterocycles. The molecule has 0 atom stereocenters. The maximum Gasteiger partial charge on any atom is 0.162 e. The second-order valence-electron chi connectivity index (χ2n) is 5.48. The quantitative estimate of drug-likeness (QED) is 0.516. The second-order valence-corrected chi connectivity index (χ2v) is 6.40. The Kier molecular flexibility index (Phi) is 7.46. The Balaban J connectivity index is 1.83. The summed E-state index contributed by atoms with van der Waals surface area (Å²) in [5.74, 6) is 0.554. The van der Waals surface area contributed by atoms with Crippen LogP contribution < -0.4 is 4.74 Å². The van der Waals surface area contributed by atoms with Crippen LogP contribution in [0.15, 0.2) is 35.1 Å². The summed E-state index contributed by atoms with van der Waals surface area (Å²) in [4.78, 5) is 8.22. The van der Waals surface area contributed by atoms with Crippen LogP contribution in [0.2, 0.25) is 0 Å². The van der Waals surface area contributed by atoms with Gasteiger partial charge in [0.15, 0.2) is 5.82 Å². The molecule has 1 aromatic heterocycles. The molecule has 0 aliphatic rings. The van der Waals surface area contributed by atoms with Crippen LogP contribution in [0.25, 0.3) is 11.4 Å². The van der Waals surface area contributed by atoms with E-state index >= 15 is 0 Å². The number of ether oxygens (including phenoxy) is 1. The lowest BCUT2D eigenvalue weighted by atomic mass is 10.1. The predicted molar refractivity (Wildman–Crippen MR) is 94.0 cm³/mol. The lowest BCUT2D eigenvalue weighted by molar-refractivity contribution is 0.303. The normalized spacial score (nSPS) is 10.7. The molecule has 1 aromatic carbocycles. The molecule has 0 unspecified atom stereocenters. The summed E-state index contributed by atoms with van der Waals surface area (Å²) < 4.78 is 20.6. The van der Waals surface area contributed by atoms with Crippen molar-refractivity contribution in [1.82, 2.24) is 9.97 Å². The van der Waals surface area contributed by atoms with Crippen LogP contribution in [0.1, 0.15) is 45.4 Å². The van der Waals surface area contributed by atoms with Crippen molar-refractivity contribution >= 4 is 15.9 Å². The van der Waals surface area contributed by atoms with Gasteiger partial charge >= 0.3 is 0 Å². The van der Waals surface area contributed by atoms with Gasteiger partial charge in [0.25, 0.3) is 0 Å². The molecule has 0 radical (unpaired) electrons. The summed E-state index contributed by atoms with van der Waals surface area (Å²) in [7, 11) is 0. The van der Waals surface area contributed by atoms with E-state index in [0.717, 1.165) is 17.3 Å². The van der Waals surface area contributed by atoms with Crippen molar-refractivity contribution in [2.45, 2.75) is 45.4 Å². The van der Waals surface area contributed by atoms with E-state index < -0.39 is 0 Å². The highest BCUT2D eigenvalue weighted by Crippen LogP contribution is 2.24. The van der Waals surface area contributed by atoms with Gasteiger partial charge in [0.2, 0.25) is 0 Å². The molecule has 23 heavy (non-hydrogen) atoms. The van der Waals surface area contributed by atoms with Crippen LogP contribution in [-0.4, -0.2) is 16.6 Å². The first kappa shape index (κ1) is 17.9. The van der Waals surface area contributed by atoms with Gasteiger partial charge in [-0.1, -0.05) is 39.0 Å². The lowest BCUT2D eigenvalue weighted by Gasteiger charge is -2.08. The summed E-state index contributed by atoms with van der Waals surface area (Å²) >= 11 is 3.26. The van der Waals surface area contributed by atoms with E-state index in [0.29, 0.717) is 23.7 Å². The van der Waals surface area contributed by atoms with Crippen LogP contribution in [0.5, 0.6) is 5.75 Å². The van der Waals surface area contributed by atoms with E-state index in [1.54, 1.807) is 24.5 Å². The first-order valence-electron chi connectivity index (χ1n) is 8.11. The molecular formula is C18H22BrFN2O. The van der Waals surface area contributed by atoms with Gasteiger partial charge in [-0.25, -0.2) is 14.4 Å². The number of benzene rings is 1. The van der Waals surface area contributed by atoms with E-state index in [1.807, 2.05) is 0 Å². The van der Waals surface area contributed by atoms with Crippen molar-refractivity contribution in [3.63, 3.8) is 0 Å². The molecule has 5 heteroatoms. The maximum atomic E-state index is 14.2. The summed E-state index contributed by atoms with van der Waals surface area (Å²) in [6.45, 7) is 2.83. The standard InChI is InChI=1S/C18H22BrFN2O/c1-2-3-4-5-6-7-10-23-15-8-9-16(17(20)11-15)18-21-12-14(19)13-22-18/h8-9,11-13H,2-7,10H2,1H3. The molecule has 0 saturated heterocycles. The van der Waals surface area contributed by atoms with E-state index in [1.165, 1.54) is 31.7 Å². The van der Waals surface area contributed by atoms with Gasteiger partial charge in [0.05, 0.1) is 16.6 Å². The molecule has 0 fully saturated rings. The molecule has 0 aliphatic carbocycles. The Morgan fingerprint density at radius 3 is 2.43 bits per heavy atom. The largest absolute Gasteiger partial charge is 0.493 e. The van der Waals surface area contributed by atoms with Crippen molar-refractivity contribution < 1.29 is 9.13 Å². The Morgan fingerprint density at radius 2 is 1.74 bits per heavy atom. The van der Waals surface area contributed by atoms with Crippen LogP contribution in [0.4, 0.5) is 4.39 Å². The van der Waals surface area contributed by atoms with Crippen LogP contribution in [0.3, 0.4) is 0 Å². The Bertz CT molecular complexity index is 604. The Labute approximate surface area is 145 Å². The molecular weight excluding hydrogens is 359 g/mol. The SMILES string of the molecule is CCCCCCCCOc1ccc(-c2ncc(Br)cn2)c(F)c1. The zero-order valence-corrected chi connectivity index (χ0v) is 15.0. The fraction of sp³-hybridized carbons (Fsp3) is 0.444. The molecule has 0 N–H and O–H groups in total. The smallest absolute Gasteiger partial charge is 0.162 e. The summed E-state index contributed by atoms with van der Waals surface area (Å²) in [6, 6.07) is 4.83. The van der Waals surface area contributed by atoms with E-state index in [-0.39, 0.29) is 5.82 Å². The number of unbranched alkanes of at least 4 members (excludes halogenated alkanes) is 5. The first-order chi connectivity index (χ1) is 11.2. The Morgan fingerprint density at radius 1 is 1.04 bits per heavy atom. The highest BCUT2D eigenvalue weighted by molar-refractivity contribution is 9.10. The van der Waals surface area contributed by atoms with Crippen LogP contribution in [-0.2, 0) is 0 Å². The summed E-state index contributed by atoms with van der Waals surface area (Å²) in [6.07, 6.45) is 10.4. The minimum absolute atomic E-state index is 0.368. The molecule has 3 nitrogen and oxygen atoms in total. The average Bonchev–Trinajstić information content (AvgIpc) is 2.55. The van der Waals surface area contributed by atoms with Crippen molar-refractivity contribution in [3.8, 4) is 17.1 Å². The molecule has 0 aliphatic heterocycles. The minimum Gasteiger partial charge on any atom is -0.493 e. The lowest BCUT2D eigenvalue weighted by Crippen LogP contribution is -1.99. The van der Waals surface area contributed by atoms with E-state index in [4.69, 9.17) is 4.74 Å². The Hall–Kier alpha value is -1.49. The zero-order valence-electron chi connectivity index (χ0n) is 13.4. The number of aromatic nitrogens is 2. The average molecular weight is 381 g/mol. The number of nitrogens with zero attached hydrogens (tertiary/aromatic N) is 2. The third-order valence-electron chi connectivity index (χ3n) is 3.57. The predicted octanol–water partition coefficient (Wildman–Crippen LogP) is 5.78. The third-order valence-corrected chi connectivity index (χ3v) is 3.98. The summed E-state index contributed by atoms with van der Waals surface area (Å²) in [5.41, 5.74) is 0.379. The van der Waals surface area contributed by atoms with Gasteiger partial charge < -0.3 is 4.74 Å². The van der Waals surface area contributed by atoms with Gasteiger partial charge in [-0.05, 0) is 34.5 Å². The van der Waals surface area contributed by atoms with Gasteiger partial charge in [-0.15, -0.1) is 0 Å². The van der Waals surface area contributed by atoms with Gasteiger partial charge in [-0.2, -0.15) is 0 Å². The van der Waals surface area contributed by atoms with Crippen molar-refractivity contribution in [1.29, 1.82) is 0 Å². The van der Waals surface area contributed by atoms with Crippen molar-refractivity contribution in [2.24, 2.45) is 0 Å². The molecule has 0 bridgehead atoms. The number of hydrogen-bond acceptors (Lipinski definition) is 3. The fourth-order valence-corrected chi connectivity index (χ4v) is 2.50. The number of rotatable bonds is 9. The van der Waals surface area contributed by atoms with E-state index in [9.17, 15) is 4.39 Å². The van der Waals surface area contributed by atoms with Gasteiger partial charge in [0, 0.05) is 18.5 Å². The van der Waals surface area contributed by atoms with E-state index in [2.05, 4.69) is 32.8 Å². The van der Waals surface area contributed by atoms with Gasteiger partial charge in [0.1, 0.15) is 11.6 Å². The van der Waals surface area contributed by atoms with Crippen molar-refractivity contribution in [3.05, 3.63) is 40.9 Å². The zero-order chi connectivity index (χ0) is 16.5. The maximum absolute atomic E-state index is 14.2. The topological polar surface area (TPSA) is 35.0 Å². The highest BCUT2D eigenvalue weighted by Gasteiger charge is 2.09. The molecule has 0 amide bonds. The van der Waals surface area contributed by atoms with Crippen molar-refractivity contribution in [2.75, 3.05) is 6.61 Å². The first-order valence-corrected chi connectivity index (χ1v) is 8.90. The molecule has 0 saturated carbocycles. The molecule has 0 spiro atoms. The molecule has 2 rings (SSSR count).